The Balaban J connectivity index is 3.07. The highest BCUT2D eigenvalue weighted by atomic mass is 32.2. The molecule has 1 aromatic carbocycles. The molecule has 0 radical (unpaired) electrons. The first-order chi connectivity index (χ1) is 7.33. The number of sulfone groups is 1. The Morgan fingerprint density at radius 2 is 1.88 bits per heavy atom. The number of carbonyl (C=O) groups excluding carboxylic acids is 1. The first-order valence-corrected chi connectivity index (χ1v) is 6.77. The van der Waals surface area contributed by atoms with Gasteiger partial charge in [-0.25, -0.2) is 8.42 Å². The Labute approximate surface area is 96.4 Å². The molecule has 4 heteroatoms. The second kappa shape index (κ2) is 4.78. The van der Waals surface area contributed by atoms with Crippen molar-refractivity contribution >= 4 is 15.6 Å². The Kier molecular flexibility index (Phi) is 3.86. The van der Waals surface area contributed by atoms with Crippen LogP contribution in [0.2, 0.25) is 0 Å². The zero-order valence-electron chi connectivity index (χ0n) is 9.78. The molecule has 0 aliphatic heterocycles. The van der Waals surface area contributed by atoms with Crippen molar-refractivity contribution in [3.63, 3.8) is 0 Å². The fraction of sp³-hybridized carbons (Fsp3) is 0.417. The first-order valence-electron chi connectivity index (χ1n) is 5.12. The molecule has 0 amide bonds. The molecule has 0 aliphatic carbocycles. The summed E-state index contributed by atoms with van der Waals surface area (Å²) in [5, 5.41) is 0. The molecule has 88 valence electrons. The first kappa shape index (κ1) is 12.9. The molecule has 3 nitrogen and oxygen atoms in total. The van der Waals surface area contributed by atoms with Gasteiger partial charge in [0.1, 0.15) is 5.78 Å². The summed E-state index contributed by atoms with van der Waals surface area (Å²) in [6.07, 6.45) is 0.0791. The molecule has 0 bridgehead atoms. The summed E-state index contributed by atoms with van der Waals surface area (Å²) in [6, 6.07) is 5.32. The minimum atomic E-state index is -3.33. The number of hydrogen-bond donors (Lipinski definition) is 0. The lowest BCUT2D eigenvalue weighted by Gasteiger charge is -2.07. The number of aryl methyl sites for hydroxylation is 2. The molecule has 0 spiro atoms. The van der Waals surface area contributed by atoms with Gasteiger partial charge in [-0.1, -0.05) is 12.1 Å². The van der Waals surface area contributed by atoms with Gasteiger partial charge < -0.3 is 0 Å². The number of carbonyl (C=O) groups is 1. The van der Waals surface area contributed by atoms with Gasteiger partial charge in [0.05, 0.1) is 10.6 Å². The maximum Gasteiger partial charge on any atom is 0.179 e. The van der Waals surface area contributed by atoms with Crippen LogP contribution in [0.5, 0.6) is 0 Å². The molecule has 0 aliphatic rings. The molecule has 1 rings (SSSR count). The lowest BCUT2D eigenvalue weighted by molar-refractivity contribution is -0.116. The van der Waals surface area contributed by atoms with Crippen molar-refractivity contribution in [2.75, 3.05) is 5.75 Å². The molecule has 0 aromatic heterocycles. The second-order valence-corrected chi connectivity index (χ2v) is 6.12. The molecule has 0 N–H and O–H groups in total. The maximum atomic E-state index is 12.0. The molecule has 0 heterocycles. The van der Waals surface area contributed by atoms with Gasteiger partial charge in [0.15, 0.2) is 9.84 Å². The molecular formula is C12H16O3S. The minimum Gasteiger partial charge on any atom is -0.300 e. The lowest BCUT2D eigenvalue weighted by Crippen LogP contribution is -2.11. The van der Waals surface area contributed by atoms with E-state index in [2.05, 4.69) is 0 Å². The Hall–Kier alpha value is -1.16. The molecule has 0 saturated carbocycles. The van der Waals surface area contributed by atoms with E-state index >= 15 is 0 Å². The maximum absolute atomic E-state index is 12.0. The molecule has 1 aromatic rings. The van der Waals surface area contributed by atoms with Crippen molar-refractivity contribution in [1.82, 2.24) is 0 Å². The van der Waals surface area contributed by atoms with E-state index in [1.54, 1.807) is 19.1 Å². The second-order valence-electron chi connectivity index (χ2n) is 4.04. The highest BCUT2D eigenvalue weighted by Gasteiger charge is 2.17. The van der Waals surface area contributed by atoms with Crippen LogP contribution in [-0.2, 0) is 14.6 Å². The molecule has 0 fully saturated rings. The summed E-state index contributed by atoms with van der Waals surface area (Å²) in [4.78, 5) is 11.2. The van der Waals surface area contributed by atoms with Crippen molar-refractivity contribution in [3.05, 3.63) is 29.3 Å². The fourth-order valence-corrected chi connectivity index (χ4v) is 3.13. The van der Waals surface area contributed by atoms with Crippen LogP contribution in [0.25, 0.3) is 0 Å². The van der Waals surface area contributed by atoms with Gasteiger partial charge in [-0.15, -0.1) is 0 Å². The van der Waals surface area contributed by atoms with Gasteiger partial charge in [-0.3, -0.25) is 4.79 Å². The Bertz CT molecular complexity index is 501. The summed E-state index contributed by atoms with van der Waals surface area (Å²) >= 11 is 0. The Morgan fingerprint density at radius 1 is 1.25 bits per heavy atom. The van der Waals surface area contributed by atoms with Crippen LogP contribution in [0.1, 0.15) is 24.5 Å². The smallest absolute Gasteiger partial charge is 0.179 e. The van der Waals surface area contributed by atoms with E-state index in [0.29, 0.717) is 4.90 Å². The third-order valence-electron chi connectivity index (χ3n) is 2.40. The summed E-state index contributed by atoms with van der Waals surface area (Å²) in [5.74, 6) is -0.207. The standard InChI is InChI=1S/C12H16O3S/c1-9-4-5-10(2)12(8-9)16(14,15)7-6-11(3)13/h4-5,8H,6-7H2,1-3H3. The normalized spacial score (nSPS) is 11.4. The molecule has 0 saturated heterocycles. The zero-order valence-corrected chi connectivity index (χ0v) is 10.6. The van der Waals surface area contributed by atoms with E-state index in [1.165, 1.54) is 6.92 Å². The average Bonchev–Trinajstić information content (AvgIpc) is 2.19. The zero-order chi connectivity index (χ0) is 12.3. The van der Waals surface area contributed by atoms with E-state index in [0.717, 1.165) is 11.1 Å². The van der Waals surface area contributed by atoms with Crippen LogP contribution < -0.4 is 0 Å². The molecule has 16 heavy (non-hydrogen) atoms. The van der Waals surface area contributed by atoms with Crippen LogP contribution in [-0.4, -0.2) is 20.0 Å². The number of benzene rings is 1. The van der Waals surface area contributed by atoms with Gasteiger partial charge in [0.2, 0.25) is 0 Å². The topological polar surface area (TPSA) is 51.2 Å². The van der Waals surface area contributed by atoms with Crippen molar-refractivity contribution in [3.8, 4) is 0 Å². The van der Waals surface area contributed by atoms with E-state index < -0.39 is 9.84 Å². The molecular weight excluding hydrogens is 224 g/mol. The van der Waals surface area contributed by atoms with Crippen molar-refractivity contribution in [2.45, 2.75) is 32.1 Å². The van der Waals surface area contributed by atoms with Crippen molar-refractivity contribution < 1.29 is 13.2 Å². The van der Waals surface area contributed by atoms with Gasteiger partial charge in [-0.05, 0) is 38.0 Å². The van der Waals surface area contributed by atoms with Gasteiger partial charge in [-0.2, -0.15) is 0 Å². The van der Waals surface area contributed by atoms with Crippen LogP contribution in [0, 0.1) is 13.8 Å². The molecule has 0 atom stereocenters. The lowest BCUT2D eigenvalue weighted by atomic mass is 10.2. The largest absolute Gasteiger partial charge is 0.300 e. The summed E-state index contributed by atoms with van der Waals surface area (Å²) in [6.45, 7) is 5.02. The van der Waals surface area contributed by atoms with Gasteiger partial charge in [0.25, 0.3) is 0 Å². The molecule has 0 unspecified atom stereocenters. The minimum absolute atomic E-state index is 0.0791. The monoisotopic (exact) mass is 240 g/mol. The number of hydrogen-bond acceptors (Lipinski definition) is 3. The quantitative estimate of drug-likeness (QED) is 0.809. The summed E-state index contributed by atoms with van der Waals surface area (Å²) in [5.41, 5.74) is 1.64. The summed E-state index contributed by atoms with van der Waals surface area (Å²) < 4.78 is 23.9. The van der Waals surface area contributed by atoms with Crippen LogP contribution in [0.15, 0.2) is 23.1 Å². The van der Waals surface area contributed by atoms with Crippen LogP contribution in [0.3, 0.4) is 0 Å². The van der Waals surface area contributed by atoms with E-state index in [-0.39, 0.29) is 18.0 Å². The van der Waals surface area contributed by atoms with Crippen molar-refractivity contribution in [2.24, 2.45) is 0 Å². The fourth-order valence-electron chi connectivity index (χ4n) is 1.43. The third kappa shape index (κ3) is 3.17. The van der Waals surface area contributed by atoms with Crippen LogP contribution >= 0.6 is 0 Å². The van der Waals surface area contributed by atoms with Gasteiger partial charge in [0, 0.05) is 6.42 Å². The summed E-state index contributed by atoms with van der Waals surface area (Å²) in [7, 11) is -3.33. The predicted molar refractivity (Wildman–Crippen MR) is 63.3 cm³/mol. The highest BCUT2D eigenvalue weighted by Crippen LogP contribution is 2.18. The van der Waals surface area contributed by atoms with Crippen molar-refractivity contribution in [1.29, 1.82) is 0 Å². The predicted octanol–water partition coefficient (Wildman–Crippen LogP) is 2.06. The highest BCUT2D eigenvalue weighted by molar-refractivity contribution is 7.91. The van der Waals surface area contributed by atoms with Crippen LogP contribution in [0.4, 0.5) is 0 Å². The number of rotatable bonds is 4. The van der Waals surface area contributed by atoms with Gasteiger partial charge >= 0.3 is 0 Å². The number of Topliss-reactive ketones (excluding diaryl/α,β-unsaturated/α-hetero) is 1. The number of ketones is 1. The average molecular weight is 240 g/mol. The SMILES string of the molecule is CC(=O)CCS(=O)(=O)c1cc(C)ccc1C. The van der Waals surface area contributed by atoms with E-state index in [4.69, 9.17) is 0 Å². The van der Waals surface area contributed by atoms with E-state index in [1.807, 2.05) is 13.0 Å². The Morgan fingerprint density at radius 3 is 2.44 bits per heavy atom. The third-order valence-corrected chi connectivity index (χ3v) is 4.25. The van der Waals surface area contributed by atoms with E-state index in [9.17, 15) is 13.2 Å².